The van der Waals surface area contributed by atoms with Crippen LogP contribution in [0.2, 0.25) is 5.02 Å². The van der Waals surface area contributed by atoms with Gasteiger partial charge in [0.25, 0.3) is 0 Å². The van der Waals surface area contributed by atoms with E-state index in [4.69, 9.17) is 11.6 Å². The topological polar surface area (TPSA) is 75.1 Å². The van der Waals surface area contributed by atoms with Crippen LogP contribution in [0.25, 0.3) is 0 Å². The Labute approximate surface area is 266 Å². The third-order valence-corrected chi connectivity index (χ3v) is 10.8. The average molecular weight is 621 g/mol. The van der Waals surface area contributed by atoms with E-state index in [9.17, 15) is 9.18 Å². The van der Waals surface area contributed by atoms with Crippen molar-refractivity contribution in [1.29, 1.82) is 0 Å². The largest absolute Gasteiger partial charge is 0.382 e. The summed E-state index contributed by atoms with van der Waals surface area (Å²) in [5, 5.41) is 12.5. The second kappa shape index (κ2) is 14.4. The number of aromatic nitrogens is 3. The summed E-state index contributed by atoms with van der Waals surface area (Å²) in [5.74, 6) is 0.673. The first kappa shape index (κ1) is 31.0. The van der Waals surface area contributed by atoms with E-state index < -0.39 is 0 Å². The van der Waals surface area contributed by atoms with Gasteiger partial charge in [-0.3, -0.25) is 9.48 Å². The lowest BCUT2D eigenvalue weighted by Crippen LogP contribution is -2.55. The molecule has 0 spiro atoms. The van der Waals surface area contributed by atoms with Crippen molar-refractivity contribution >= 4 is 23.2 Å². The number of amides is 1. The molecule has 6 rings (SSSR count). The summed E-state index contributed by atoms with van der Waals surface area (Å²) in [6.07, 6.45) is 16.7. The standard InChI is InChI=1S/C35H46ClFN6O/c36-28-8-6-26(7-9-28)22-33(41-32-16-14-31(15-17-32)40-30-12-10-29(37)11-13-30)34(44)42-20-18-35(19-21-42,23-43-25-38-24-39-43)27-4-2-1-3-5-27/h6-13,24-25,27,31-33,40-41H,1-5,14-23H2/t31-,32+,33-/m1/s1. The van der Waals surface area contributed by atoms with E-state index in [2.05, 4.69) is 25.6 Å². The van der Waals surface area contributed by atoms with Gasteiger partial charge in [0.05, 0.1) is 6.04 Å². The van der Waals surface area contributed by atoms with Crippen molar-refractivity contribution in [3.8, 4) is 0 Å². The maximum Gasteiger partial charge on any atom is 0.240 e. The third kappa shape index (κ3) is 7.81. The predicted molar refractivity (Wildman–Crippen MR) is 173 cm³/mol. The first-order chi connectivity index (χ1) is 21.5. The predicted octanol–water partition coefficient (Wildman–Crippen LogP) is 6.88. The Bertz CT molecular complexity index is 1310. The lowest BCUT2D eigenvalue weighted by Gasteiger charge is -2.48. The minimum atomic E-state index is -0.278. The molecular formula is C35H46ClFN6O. The van der Waals surface area contributed by atoms with Gasteiger partial charge < -0.3 is 15.5 Å². The lowest BCUT2D eigenvalue weighted by molar-refractivity contribution is -0.137. The van der Waals surface area contributed by atoms with Gasteiger partial charge in [-0.2, -0.15) is 5.10 Å². The minimum Gasteiger partial charge on any atom is -0.382 e. The van der Waals surface area contributed by atoms with E-state index in [1.54, 1.807) is 18.5 Å². The highest BCUT2D eigenvalue weighted by Gasteiger charge is 2.44. The van der Waals surface area contributed by atoms with Crippen LogP contribution in [-0.4, -0.2) is 56.8 Å². The van der Waals surface area contributed by atoms with E-state index in [1.807, 2.05) is 35.3 Å². The zero-order valence-corrected chi connectivity index (χ0v) is 26.4. The van der Waals surface area contributed by atoms with Crippen molar-refractivity contribution in [3.05, 3.63) is 77.6 Å². The molecule has 9 heteroatoms. The molecule has 2 heterocycles. The van der Waals surface area contributed by atoms with Crippen LogP contribution in [0.1, 0.15) is 76.2 Å². The number of likely N-dealkylation sites (tertiary alicyclic amines) is 1. The molecular weight excluding hydrogens is 575 g/mol. The fourth-order valence-electron chi connectivity index (χ4n) is 7.98. The molecule has 1 atom stereocenters. The van der Waals surface area contributed by atoms with E-state index in [-0.39, 0.29) is 29.2 Å². The smallest absolute Gasteiger partial charge is 0.240 e. The second-order valence-electron chi connectivity index (χ2n) is 13.4. The van der Waals surface area contributed by atoms with Crippen molar-refractivity contribution in [2.45, 2.75) is 102 Å². The monoisotopic (exact) mass is 620 g/mol. The molecule has 1 saturated heterocycles. The van der Waals surface area contributed by atoms with Gasteiger partial charge in [-0.1, -0.05) is 43.0 Å². The molecule has 2 N–H and O–H groups in total. The number of nitrogens with zero attached hydrogens (tertiary/aromatic N) is 4. The van der Waals surface area contributed by atoms with Crippen LogP contribution >= 0.6 is 11.6 Å². The van der Waals surface area contributed by atoms with Crippen LogP contribution < -0.4 is 10.6 Å². The second-order valence-corrected chi connectivity index (χ2v) is 13.8. The van der Waals surface area contributed by atoms with Gasteiger partial charge in [0, 0.05) is 42.4 Å². The Morgan fingerprint density at radius 2 is 1.61 bits per heavy atom. The van der Waals surface area contributed by atoms with Gasteiger partial charge >= 0.3 is 0 Å². The number of carbonyl (C=O) groups excluding carboxylic acids is 1. The first-order valence-electron chi connectivity index (χ1n) is 16.6. The van der Waals surface area contributed by atoms with E-state index in [1.165, 1.54) is 44.2 Å². The van der Waals surface area contributed by atoms with Crippen LogP contribution in [0.3, 0.4) is 0 Å². The summed E-state index contributed by atoms with van der Waals surface area (Å²) >= 11 is 6.18. The number of halogens is 2. The van der Waals surface area contributed by atoms with Crippen LogP contribution in [0.15, 0.2) is 61.2 Å². The molecule has 2 aliphatic carbocycles. The van der Waals surface area contributed by atoms with Crippen molar-refractivity contribution in [1.82, 2.24) is 25.0 Å². The van der Waals surface area contributed by atoms with Crippen LogP contribution in [0.5, 0.6) is 0 Å². The maximum absolute atomic E-state index is 14.2. The Balaban J connectivity index is 1.10. The van der Waals surface area contributed by atoms with E-state index >= 15 is 0 Å². The molecule has 2 aromatic carbocycles. The number of piperidine rings is 1. The summed E-state index contributed by atoms with van der Waals surface area (Å²) in [6.45, 7) is 2.47. The molecule has 1 aliphatic heterocycles. The van der Waals surface area contributed by atoms with Crippen LogP contribution in [-0.2, 0) is 17.8 Å². The highest BCUT2D eigenvalue weighted by molar-refractivity contribution is 6.30. The molecule has 0 unspecified atom stereocenters. The van der Waals surface area contributed by atoms with Gasteiger partial charge in [-0.05, 0) is 111 Å². The SMILES string of the molecule is O=C([C@@H](Cc1ccc(Cl)cc1)N[C@H]1CC[C@@H](Nc2ccc(F)cc2)CC1)N1CCC(Cn2cncn2)(C2CCCCC2)CC1. The number of hydrogen-bond acceptors (Lipinski definition) is 5. The molecule has 3 aromatic rings. The number of rotatable bonds is 10. The van der Waals surface area contributed by atoms with E-state index in [0.717, 1.165) is 69.4 Å². The zero-order chi connectivity index (χ0) is 30.4. The van der Waals surface area contributed by atoms with E-state index in [0.29, 0.717) is 23.4 Å². The van der Waals surface area contributed by atoms with Gasteiger partial charge in [-0.15, -0.1) is 0 Å². The van der Waals surface area contributed by atoms with Crippen molar-refractivity contribution in [2.75, 3.05) is 18.4 Å². The summed E-state index contributed by atoms with van der Waals surface area (Å²) in [7, 11) is 0. The molecule has 0 radical (unpaired) electrons. The van der Waals surface area contributed by atoms with Gasteiger partial charge in [0.1, 0.15) is 18.5 Å². The number of carbonyl (C=O) groups is 1. The molecule has 1 aromatic heterocycles. The summed E-state index contributed by atoms with van der Waals surface area (Å²) in [4.78, 5) is 20.6. The fourth-order valence-corrected chi connectivity index (χ4v) is 8.11. The molecule has 3 fully saturated rings. The van der Waals surface area contributed by atoms with Gasteiger partial charge in [0.15, 0.2) is 0 Å². The Hall–Kier alpha value is -2.97. The number of hydrogen-bond donors (Lipinski definition) is 2. The normalized spacial score (nSPS) is 23.3. The fraction of sp³-hybridized carbons (Fsp3) is 0.571. The maximum atomic E-state index is 14.2. The first-order valence-corrected chi connectivity index (χ1v) is 17.0. The third-order valence-electron chi connectivity index (χ3n) is 10.5. The molecule has 1 amide bonds. The number of nitrogens with one attached hydrogen (secondary N) is 2. The van der Waals surface area contributed by atoms with Gasteiger partial charge in [0.2, 0.25) is 5.91 Å². The average Bonchev–Trinajstić information content (AvgIpc) is 3.57. The summed E-state index contributed by atoms with van der Waals surface area (Å²) < 4.78 is 15.3. The summed E-state index contributed by atoms with van der Waals surface area (Å²) in [5.41, 5.74) is 2.24. The Morgan fingerprint density at radius 3 is 2.27 bits per heavy atom. The highest BCUT2D eigenvalue weighted by Crippen LogP contribution is 2.47. The molecule has 3 aliphatic rings. The number of benzene rings is 2. The molecule has 236 valence electrons. The van der Waals surface area contributed by atoms with Gasteiger partial charge in [-0.25, -0.2) is 9.37 Å². The Kier molecular flexibility index (Phi) is 10.2. The Morgan fingerprint density at radius 1 is 0.932 bits per heavy atom. The summed E-state index contributed by atoms with van der Waals surface area (Å²) in [6, 6.07) is 14.8. The van der Waals surface area contributed by atoms with Crippen LogP contribution in [0, 0.1) is 17.2 Å². The molecule has 2 saturated carbocycles. The van der Waals surface area contributed by atoms with Crippen molar-refractivity contribution < 1.29 is 9.18 Å². The molecule has 44 heavy (non-hydrogen) atoms. The molecule has 0 bridgehead atoms. The zero-order valence-electron chi connectivity index (χ0n) is 25.6. The van der Waals surface area contributed by atoms with Crippen molar-refractivity contribution in [2.24, 2.45) is 11.3 Å². The van der Waals surface area contributed by atoms with Crippen LogP contribution in [0.4, 0.5) is 10.1 Å². The molecule has 7 nitrogen and oxygen atoms in total. The number of anilines is 1. The lowest BCUT2D eigenvalue weighted by atomic mass is 9.63. The quantitative estimate of drug-likeness (QED) is 0.258. The highest BCUT2D eigenvalue weighted by atomic mass is 35.5. The minimum absolute atomic E-state index is 0.167. The van der Waals surface area contributed by atoms with Crippen molar-refractivity contribution in [3.63, 3.8) is 0 Å².